The molecule has 0 radical (unpaired) electrons. The minimum atomic E-state index is -0.511. The van der Waals surface area contributed by atoms with Crippen molar-refractivity contribution in [1.82, 2.24) is 0 Å². The molecule has 0 atom stereocenters. The van der Waals surface area contributed by atoms with Gasteiger partial charge in [0.15, 0.2) is 0 Å². The molecule has 0 fully saturated rings. The number of hydrogen-bond acceptors (Lipinski definition) is 4. The summed E-state index contributed by atoms with van der Waals surface area (Å²) in [6.07, 6.45) is 1.77. The van der Waals surface area contributed by atoms with Crippen LogP contribution in [-0.2, 0) is 5.41 Å². The average Bonchev–Trinajstić information content (AvgIpc) is 2.88. The molecule has 0 bridgehead atoms. The minimum Gasteiger partial charge on any atom is -0.258 e. The van der Waals surface area contributed by atoms with E-state index in [1.165, 1.54) is 6.07 Å². The first-order valence-electron chi connectivity index (χ1n) is 7.77. The Morgan fingerprint density at radius 3 is 2.21 bits per heavy atom. The summed E-state index contributed by atoms with van der Waals surface area (Å²) in [6.45, 7) is 0. The minimum absolute atomic E-state index is 0.0415. The van der Waals surface area contributed by atoms with Crippen molar-refractivity contribution < 1.29 is 4.92 Å². The topological polar surface area (TPSA) is 90.7 Å². The Hall–Kier alpha value is -3.18. The molecule has 0 spiro atoms. The maximum Gasteiger partial charge on any atom is 0.269 e. The van der Waals surface area contributed by atoms with Crippen LogP contribution >= 0.6 is 0 Å². The fourth-order valence-electron chi connectivity index (χ4n) is 3.76. The molecule has 2 aromatic rings. The van der Waals surface area contributed by atoms with Gasteiger partial charge in [0.05, 0.1) is 17.1 Å². The molecule has 5 heteroatoms. The normalized spacial score (nSPS) is 13.4. The van der Waals surface area contributed by atoms with Gasteiger partial charge in [-0.15, -0.1) is 0 Å². The third-order valence-corrected chi connectivity index (χ3v) is 4.79. The van der Waals surface area contributed by atoms with E-state index in [1.807, 2.05) is 24.3 Å². The Kier molecular flexibility index (Phi) is 4.02. The zero-order chi connectivity index (χ0) is 17.2. The maximum atomic E-state index is 11.2. The van der Waals surface area contributed by atoms with Gasteiger partial charge in [-0.1, -0.05) is 24.3 Å². The summed E-state index contributed by atoms with van der Waals surface area (Å²) in [5.41, 5.74) is 3.46. The predicted octanol–water partition coefficient (Wildman–Crippen LogP) is 4.47. The first-order valence-corrected chi connectivity index (χ1v) is 7.77. The van der Waals surface area contributed by atoms with Gasteiger partial charge in [0.25, 0.3) is 5.69 Å². The first kappa shape index (κ1) is 15.7. The second-order valence-electron chi connectivity index (χ2n) is 5.93. The molecule has 0 saturated heterocycles. The van der Waals surface area contributed by atoms with Gasteiger partial charge in [0.1, 0.15) is 0 Å². The number of rotatable bonds is 5. The fourth-order valence-corrected chi connectivity index (χ4v) is 3.76. The zero-order valence-electron chi connectivity index (χ0n) is 13.0. The van der Waals surface area contributed by atoms with E-state index in [9.17, 15) is 10.1 Å². The summed E-state index contributed by atoms with van der Waals surface area (Å²) in [7, 11) is 0. The van der Waals surface area contributed by atoms with Crippen molar-refractivity contribution in [3.8, 4) is 23.3 Å². The number of nitrogens with zero attached hydrogens (tertiary/aromatic N) is 3. The lowest BCUT2D eigenvalue weighted by Gasteiger charge is -2.30. The number of nitro groups is 1. The van der Waals surface area contributed by atoms with Crippen molar-refractivity contribution in [2.75, 3.05) is 0 Å². The SMILES string of the molecule is N#CCCC1(CCC#N)c2ccccc2-c2ccc([N+](=O)[O-])cc21. The monoisotopic (exact) mass is 317 g/mol. The Labute approximate surface area is 139 Å². The van der Waals surface area contributed by atoms with E-state index in [2.05, 4.69) is 12.1 Å². The van der Waals surface area contributed by atoms with Crippen molar-refractivity contribution in [2.45, 2.75) is 31.1 Å². The summed E-state index contributed by atoms with van der Waals surface area (Å²) >= 11 is 0. The van der Waals surface area contributed by atoms with Gasteiger partial charge in [-0.3, -0.25) is 10.1 Å². The fraction of sp³-hybridized carbons (Fsp3) is 0.263. The highest BCUT2D eigenvalue weighted by molar-refractivity contribution is 5.82. The Balaban J connectivity index is 2.27. The number of hydrogen-bond donors (Lipinski definition) is 0. The van der Waals surface area contributed by atoms with Crippen LogP contribution in [0.15, 0.2) is 42.5 Å². The lowest BCUT2D eigenvalue weighted by Crippen LogP contribution is -2.25. The average molecular weight is 317 g/mol. The van der Waals surface area contributed by atoms with Crippen molar-refractivity contribution in [2.24, 2.45) is 0 Å². The molecule has 1 aliphatic carbocycles. The standard InChI is InChI=1S/C19H15N3O2/c20-11-3-9-19(10-4-12-21)17-6-2-1-5-15(17)16-8-7-14(22(23)24)13-18(16)19/h1-2,5-8,13H,3-4,9-10H2. The van der Waals surface area contributed by atoms with Gasteiger partial charge < -0.3 is 0 Å². The number of benzene rings is 2. The summed E-state index contributed by atoms with van der Waals surface area (Å²) in [5, 5.41) is 29.4. The smallest absolute Gasteiger partial charge is 0.258 e. The lowest BCUT2D eigenvalue weighted by molar-refractivity contribution is -0.384. The van der Waals surface area contributed by atoms with Crippen LogP contribution in [0.4, 0.5) is 5.69 Å². The largest absolute Gasteiger partial charge is 0.269 e. The molecule has 0 aliphatic heterocycles. The van der Waals surface area contributed by atoms with Gasteiger partial charge in [0.2, 0.25) is 0 Å². The van der Waals surface area contributed by atoms with E-state index in [4.69, 9.17) is 10.5 Å². The quantitative estimate of drug-likeness (QED) is 0.601. The van der Waals surface area contributed by atoms with Crippen LogP contribution < -0.4 is 0 Å². The number of nitriles is 2. The molecule has 118 valence electrons. The Morgan fingerprint density at radius 1 is 0.958 bits per heavy atom. The molecule has 0 amide bonds. The highest BCUT2D eigenvalue weighted by Gasteiger charge is 2.43. The second-order valence-corrected chi connectivity index (χ2v) is 5.93. The predicted molar refractivity (Wildman–Crippen MR) is 89.0 cm³/mol. The molecule has 3 rings (SSSR count). The van der Waals surface area contributed by atoms with Crippen molar-refractivity contribution in [3.05, 3.63) is 63.7 Å². The number of fused-ring (bicyclic) bond motifs is 3. The van der Waals surface area contributed by atoms with Crippen LogP contribution in [0.2, 0.25) is 0 Å². The van der Waals surface area contributed by atoms with Gasteiger partial charge in [0, 0.05) is 30.4 Å². The van der Waals surface area contributed by atoms with E-state index >= 15 is 0 Å². The van der Waals surface area contributed by atoms with Crippen LogP contribution in [0.25, 0.3) is 11.1 Å². The third kappa shape index (κ3) is 2.31. The molecule has 0 saturated carbocycles. The summed E-state index contributed by atoms with van der Waals surface area (Å²) < 4.78 is 0. The molecule has 24 heavy (non-hydrogen) atoms. The summed E-state index contributed by atoms with van der Waals surface area (Å²) in [6, 6.07) is 17.2. The molecule has 5 nitrogen and oxygen atoms in total. The van der Waals surface area contributed by atoms with Gasteiger partial charge in [-0.2, -0.15) is 10.5 Å². The first-order chi connectivity index (χ1) is 11.6. The van der Waals surface area contributed by atoms with Crippen LogP contribution in [0.5, 0.6) is 0 Å². The number of nitro benzene ring substituents is 1. The molecular formula is C19H15N3O2. The van der Waals surface area contributed by atoms with Crippen molar-refractivity contribution in [1.29, 1.82) is 10.5 Å². The zero-order valence-corrected chi connectivity index (χ0v) is 13.0. The molecule has 0 heterocycles. The van der Waals surface area contributed by atoms with Crippen LogP contribution in [0.3, 0.4) is 0 Å². The second kappa shape index (κ2) is 6.14. The van der Waals surface area contributed by atoms with Gasteiger partial charge >= 0.3 is 0 Å². The molecule has 2 aromatic carbocycles. The highest BCUT2D eigenvalue weighted by atomic mass is 16.6. The summed E-state index contributed by atoms with van der Waals surface area (Å²) in [5.74, 6) is 0. The maximum absolute atomic E-state index is 11.2. The Morgan fingerprint density at radius 2 is 1.58 bits per heavy atom. The third-order valence-electron chi connectivity index (χ3n) is 4.79. The van der Waals surface area contributed by atoms with E-state index in [1.54, 1.807) is 12.1 Å². The van der Waals surface area contributed by atoms with E-state index in [-0.39, 0.29) is 5.69 Å². The van der Waals surface area contributed by atoms with Gasteiger partial charge in [-0.25, -0.2) is 0 Å². The molecule has 0 unspecified atom stereocenters. The molecule has 0 aromatic heterocycles. The Bertz CT molecular complexity index is 872. The molecule has 0 N–H and O–H groups in total. The lowest BCUT2D eigenvalue weighted by atomic mass is 9.71. The van der Waals surface area contributed by atoms with Crippen LogP contribution in [0.1, 0.15) is 36.8 Å². The van der Waals surface area contributed by atoms with Crippen molar-refractivity contribution >= 4 is 5.69 Å². The van der Waals surface area contributed by atoms with Gasteiger partial charge in [-0.05, 0) is 41.2 Å². The van der Waals surface area contributed by atoms with E-state index in [0.29, 0.717) is 25.7 Å². The molecular weight excluding hydrogens is 302 g/mol. The van der Waals surface area contributed by atoms with E-state index < -0.39 is 10.3 Å². The highest BCUT2D eigenvalue weighted by Crippen LogP contribution is 2.54. The summed E-state index contributed by atoms with van der Waals surface area (Å²) in [4.78, 5) is 10.8. The van der Waals surface area contributed by atoms with E-state index in [0.717, 1.165) is 22.3 Å². The van der Waals surface area contributed by atoms with Crippen LogP contribution in [0, 0.1) is 32.8 Å². The van der Waals surface area contributed by atoms with Crippen molar-refractivity contribution in [3.63, 3.8) is 0 Å². The molecule has 1 aliphatic rings. The van der Waals surface area contributed by atoms with Crippen LogP contribution in [-0.4, -0.2) is 4.92 Å². The number of non-ortho nitro benzene ring substituents is 1.